The second-order valence-electron chi connectivity index (χ2n) is 6.88. The first-order valence-electron chi connectivity index (χ1n) is 8.85. The maximum absolute atomic E-state index is 13.0. The number of fused-ring (bicyclic) bond motifs is 1. The van der Waals surface area contributed by atoms with Gasteiger partial charge in [0.1, 0.15) is 5.69 Å². The van der Waals surface area contributed by atoms with Gasteiger partial charge < -0.3 is 4.90 Å². The number of amides is 1. The fraction of sp³-hybridized carbons (Fsp3) is 0.444. The van der Waals surface area contributed by atoms with Gasteiger partial charge in [-0.3, -0.25) is 19.4 Å². The van der Waals surface area contributed by atoms with Gasteiger partial charge in [0, 0.05) is 37.1 Å². The summed E-state index contributed by atoms with van der Waals surface area (Å²) in [5.41, 5.74) is 3.25. The molecule has 1 aliphatic heterocycles. The fourth-order valence-corrected chi connectivity index (χ4v) is 3.64. The summed E-state index contributed by atoms with van der Waals surface area (Å²) in [5.74, 6) is -0.0407. The highest BCUT2D eigenvalue weighted by atomic mass is 16.2. The van der Waals surface area contributed by atoms with E-state index in [2.05, 4.69) is 15.2 Å². The summed E-state index contributed by atoms with van der Waals surface area (Å²) in [7, 11) is 1.77. The molecule has 1 amide bonds. The number of carbonyl (C=O) groups is 1. The summed E-state index contributed by atoms with van der Waals surface area (Å²) >= 11 is 0. The Morgan fingerprint density at radius 2 is 2.12 bits per heavy atom. The average molecular weight is 354 g/mol. The first-order valence-corrected chi connectivity index (χ1v) is 8.85. The minimum Gasteiger partial charge on any atom is -0.329 e. The van der Waals surface area contributed by atoms with Crippen LogP contribution in [-0.4, -0.2) is 41.7 Å². The normalized spacial score (nSPS) is 17.8. The van der Waals surface area contributed by atoms with Crippen LogP contribution >= 0.6 is 0 Å². The van der Waals surface area contributed by atoms with Crippen LogP contribution in [0.15, 0.2) is 23.1 Å². The summed E-state index contributed by atoms with van der Waals surface area (Å²) < 4.78 is 3.07. The molecule has 1 aliphatic rings. The molecule has 136 valence electrons. The number of aromatic amines is 1. The van der Waals surface area contributed by atoms with Crippen molar-refractivity contribution in [2.75, 3.05) is 6.54 Å². The highest BCUT2D eigenvalue weighted by Gasteiger charge is 2.31. The summed E-state index contributed by atoms with van der Waals surface area (Å²) in [4.78, 5) is 31.9. The first kappa shape index (κ1) is 16.6. The molecule has 8 nitrogen and oxygen atoms in total. The van der Waals surface area contributed by atoms with Crippen molar-refractivity contribution in [3.05, 3.63) is 51.3 Å². The van der Waals surface area contributed by atoms with Crippen LogP contribution < -0.4 is 5.56 Å². The van der Waals surface area contributed by atoms with Crippen LogP contribution in [0.2, 0.25) is 0 Å². The molecule has 8 heteroatoms. The van der Waals surface area contributed by atoms with Gasteiger partial charge in [-0.2, -0.15) is 5.10 Å². The summed E-state index contributed by atoms with van der Waals surface area (Å²) in [5, 5.41) is 7.27. The Morgan fingerprint density at radius 3 is 2.85 bits per heavy atom. The molecule has 4 heterocycles. The Kier molecular flexibility index (Phi) is 3.90. The van der Waals surface area contributed by atoms with Gasteiger partial charge >= 0.3 is 0 Å². The van der Waals surface area contributed by atoms with Crippen LogP contribution in [0.5, 0.6) is 0 Å². The number of aryl methyl sites for hydroxylation is 2. The zero-order chi connectivity index (χ0) is 18.4. The Bertz CT molecular complexity index is 1040. The molecule has 3 aromatic rings. The number of piperidine rings is 1. The highest BCUT2D eigenvalue weighted by Crippen LogP contribution is 2.31. The van der Waals surface area contributed by atoms with E-state index in [0.29, 0.717) is 23.4 Å². The van der Waals surface area contributed by atoms with Crippen molar-refractivity contribution in [2.45, 2.75) is 39.2 Å². The van der Waals surface area contributed by atoms with Crippen LogP contribution in [-0.2, 0) is 7.05 Å². The lowest BCUT2D eigenvalue weighted by atomic mass is 9.99. The molecule has 0 radical (unpaired) electrons. The van der Waals surface area contributed by atoms with Crippen LogP contribution in [0.4, 0.5) is 0 Å². The van der Waals surface area contributed by atoms with Gasteiger partial charge in [-0.05, 0) is 39.2 Å². The van der Waals surface area contributed by atoms with E-state index in [1.807, 2.05) is 17.9 Å². The molecule has 0 bridgehead atoms. The van der Waals surface area contributed by atoms with Gasteiger partial charge in [0.2, 0.25) is 0 Å². The summed E-state index contributed by atoms with van der Waals surface area (Å²) in [6.45, 7) is 4.29. The predicted octanol–water partition coefficient (Wildman–Crippen LogP) is 1.74. The number of nitrogens with zero attached hydrogens (tertiary/aromatic N) is 5. The van der Waals surface area contributed by atoms with Crippen molar-refractivity contribution < 1.29 is 4.79 Å². The van der Waals surface area contributed by atoms with Crippen LogP contribution in [0.1, 0.15) is 52.7 Å². The number of likely N-dealkylation sites (tertiary alicyclic amines) is 1. The Morgan fingerprint density at radius 1 is 1.31 bits per heavy atom. The minimum absolute atomic E-state index is 0.0407. The van der Waals surface area contributed by atoms with Gasteiger partial charge in [0.15, 0.2) is 5.65 Å². The van der Waals surface area contributed by atoms with Gasteiger partial charge in [-0.25, -0.2) is 9.50 Å². The van der Waals surface area contributed by atoms with Gasteiger partial charge in [0.25, 0.3) is 11.5 Å². The molecule has 0 aliphatic carbocycles. The molecule has 26 heavy (non-hydrogen) atoms. The molecule has 3 aromatic heterocycles. The van der Waals surface area contributed by atoms with E-state index >= 15 is 0 Å². The van der Waals surface area contributed by atoms with Gasteiger partial charge in [0.05, 0.1) is 11.7 Å². The first-order chi connectivity index (χ1) is 12.5. The smallest absolute Gasteiger partial charge is 0.275 e. The number of H-pyrrole nitrogens is 1. The lowest BCUT2D eigenvalue weighted by Crippen LogP contribution is -2.39. The van der Waals surface area contributed by atoms with Crippen LogP contribution in [0, 0.1) is 13.8 Å². The molecule has 0 unspecified atom stereocenters. The fourth-order valence-electron chi connectivity index (χ4n) is 3.64. The van der Waals surface area contributed by atoms with Crippen molar-refractivity contribution in [1.82, 2.24) is 29.3 Å². The number of hydrogen-bond acceptors (Lipinski definition) is 4. The van der Waals surface area contributed by atoms with Crippen LogP contribution in [0.3, 0.4) is 0 Å². The van der Waals surface area contributed by atoms with Crippen molar-refractivity contribution >= 4 is 11.6 Å². The van der Waals surface area contributed by atoms with E-state index in [0.717, 1.165) is 30.7 Å². The molecular formula is C18H22N6O2. The van der Waals surface area contributed by atoms with E-state index in [1.54, 1.807) is 30.9 Å². The molecule has 1 fully saturated rings. The van der Waals surface area contributed by atoms with E-state index in [1.165, 1.54) is 4.52 Å². The third-order valence-electron chi connectivity index (χ3n) is 5.27. The Hall–Kier alpha value is -2.90. The third-order valence-corrected chi connectivity index (χ3v) is 5.27. The molecule has 1 saturated heterocycles. The van der Waals surface area contributed by atoms with Crippen molar-refractivity contribution in [1.29, 1.82) is 0 Å². The lowest BCUT2D eigenvalue weighted by molar-refractivity contribution is 0.0594. The average Bonchev–Trinajstić information content (AvgIpc) is 3.25. The van der Waals surface area contributed by atoms with Crippen LogP contribution in [0.25, 0.3) is 5.65 Å². The standard InChI is InChI=1S/C18H22N6O2/c1-11-12(2)20-16-10-13(21-24(16)17(11)25)14-6-4-5-9-23(14)18(26)15-7-8-19-22(15)3/h7-8,10,14,21H,4-6,9H2,1-3H3/t14-/m0/s1. The quantitative estimate of drug-likeness (QED) is 0.759. The molecule has 0 spiro atoms. The second kappa shape index (κ2) is 6.12. The number of aromatic nitrogens is 5. The molecular weight excluding hydrogens is 332 g/mol. The SMILES string of the molecule is Cc1nc2cc([C@@H]3CCCCN3C(=O)c3ccnn3C)[nH]n2c(=O)c1C. The van der Waals surface area contributed by atoms with E-state index in [-0.39, 0.29) is 17.5 Å². The maximum atomic E-state index is 13.0. The Labute approximate surface area is 150 Å². The number of rotatable bonds is 2. The van der Waals surface area contributed by atoms with E-state index in [4.69, 9.17) is 0 Å². The largest absolute Gasteiger partial charge is 0.329 e. The zero-order valence-corrected chi connectivity index (χ0v) is 15.2. The maximum Gasteiger partial charge on any atom is 0.275 e. The number of hydrogen-bond donors (Lipinski definition) is 1. The van der Waals surface area contributed by atoms with Gasteiger partial charge in [-0.1, -0.05) is 0 Å². The molecule has 1 atom stereocenters. The third kappa shape index (κ3) is 2.53. The second-order valence-corrected chi connectivity index (χ2v) is 6.88. The number of carbonyl (C=O) groups excluding carboxylic acids is 1. The van der Waals surface area contributed by atoms with Crippen molar-refractivity contribution in [2.24, 2.45) is 7.05 Å². The Balaban J connectivity index is 1.76. The van der Waals surface area contributed by atoms with Crippen molar-refractivity contribution in [3.8, 4) is 0 Å². The molecule has 4 rings (SSSR count). The molecule has 1 N–H and O–H groups in total. The lowest BCUT2D eigenvalue weighted by Gasteiger charge is -2.35. The monoisotopic (exact) mass is 354 g/mol. The van der Waals surface area contributed by atoms with Gasteiger partial charge in [-0.15, -0.1) is 0 Å². The molecule has 0 saturated carbocycles. The molecule has 0 aromatic carbocycles. The highest BCUT2D eigenvalue weighted by molar-refractivity contribution is 5.92. The minimum atomic E-state index is -0.104. The van der Waals surface area contributed by atoms with Crippen molar-refractivity contribution in [3.63, 3.8) is 0 Å². The van der Waals surface area contributed by atoms with E-state index < -0.39 is 0 Å². The zero-order valence-electron chi connectivity index (χ0n) is 15.2. The van der Waals surface area contributed by atoms with E-state index in [9.17, 15) is 9.59 Å². The number of nitrogens with one attached hydrogen (secondary N) is 1. The topological polar surface area (TPSA) is 88.3 Å². The summed E-state index contributed by atoms with van der Waals surface area (Å²) in [6.07, 6.45) is 4.49. The predicted molar refractivity (Wildman–Crippen MR) is 96.1 cm³/mol. The summed E-state index contributed by atoms with van der Waals surface area (Å²) in [6, 6.07) is 3.51.